The maximum Gasteiger partial charge on any atom is 0.303 e. The molecule has 1 saturated heterocycles. The number of aromatic nitrogens is 1. The van der Waals surface area contributed by atoms with Crippen molar-refractivity contribution >= 4 is 28.2 Å². The van der Waals surface area contributed by atoms with Crippen LogP contribution in [0.5, 0.6) is 5.75 Å². The van der Waals surface area contributed by atoms with Crippen molar-refractivity contribution in [2.45, 2.75) is 38.7 Å². The molecule has 3 heterocycles. The fourth-order valence-corrected chi connectivity index (χ4v) is 5.71. The van der Waals surface area contributed by atoms with Crippen molar-refractivity contribution in [2.75, 3.05) is 26.7 Å². The van der Waals surface area contributed by atoms with Crippen LogP contribution in [0.2, 0.25) is 0 Å². The Balaban J connectivity index is 1.39. The van der Waals surface area contributed by atoms with Gasteiger partial charge in [0, 0.05) is 29.4 Å². The third-order valence-electron chi connectivity index (χ3n) is 6.82. The molecule has 2 aromatic heterocycles. The van der Waals surface area contributed by atoms with Crippen LogP contribution in [-0.2, 0) is 4.79 Å². The number of carboxylic acid groups (broad SMARTS) is 1. The predicted molar refractivity (Wildman–Crippen MR) is 139 cm³/mol. The van der Waals surface area contributed by atoms with Gasteiger partial charge >= 0.3 is 5.97 Å². The van der Waals surface area contributed by atoms with Crippen LogP contribution in [0.15, 0.2) is 42.6 Å². The number of thiophene rings is 1. The van der Waals surface area contributed by atoms with Crippen LogP contribution in [0, 0.1) is 30.6 Å². The molecule has 1 aromatic carbocycles. The average molecular weight is 493 g/mol. The first-order valence-corrected chi connectivity index (χ1v) is 12.8. The van der Waals surface area contributed by atoms with Crippen molar-refractivity contribution in [1.82, 2.24) is 9.88 Å². The Morgan fingerprint density at radius 3 is 2.89 bits per heavy atom. The van der Waals surface area contributed by atoms with Crippen molar-refractivity contribution in [1.29, 1.82) is 0 Å². The lowest BCUT2D eigenvalue weighted by Crippen LogP contribution is -2.41. The minimum absolute atomic E-state index is 0.0495. The van der Waals surface area contributed by atoms with Crippen LogP contribution in [-0.4, -0.2) is 52.8 Å². The number of aliphatic hydroxyl groups excluding tert-OH is 1. The normalized spacial score (nSPS) is 19.2. The molecule has 6 nitrogen and oxygen atoms in total. The lowest BCUT2D eigenvalue weighted by atomic mass is 9.79. The van der Waals surface area contributed by atoms with Crippen LogP contribution in [0.3, 0.4) is 0 Å². The number of carbonyl (C=O) groups is 1. The molecule has 0 saturated carbocycles. The Bertz CT molecular complexity index is 1230. The summed E-state index contributed by atoms with van der Waals surface area (Å²) < 4.78 is 5.35. The second kappa shape index (κ2) is 11.7. The van der Waals surface area contributed by atoms with Crippen molar-refractivity contribution < 1.29 is 19.7 Å². The summed E-state index contributed by atoms with van der Waals surface area (Å²) in [5.74, 6) is 6.74. The standard InChI is InChI=1S/C28H32N2O4S/c1-19-5-8-23(35-19)4-3-14-30-15-12-20(21(18-30)16-28(32)33)6-10-27(31)24-11-13-29-26-9-7-22(34-2)17-25(24)26/h5,7-9,11,13,17,20-21,27,31H,6,10,12,14-16,18H2,1-2H3,(H,32,33)/t20-,21+,27+/m1/s1. The highest BCUT2D eigenvalue weighted by Gasteiger charge is 2.31. The van der Waals surface area contributed by atoms with E-state index < -0.39 is 12.1 Å². The molecular formula is C28H32N2O4S. The van der Waals surface area contributed by atoms with Gasteiger partial charge in [-0.05, 0) is 86.5 Å². The quantitative estimate of drug-likeness (QED) is 0.436. The smallest absolute Gasteiger partial charge is 0.303 e. The molecule has 3 atom stereocenters. The molecule has 3 aromatic rings. The summed E-state index contributed by atoms with van der Waals surface area (Å²) in [7, 11) is 1.62. The number of rotatable bonds is 8. The Morgan fingerprint density at radius 1 is 1.29 bits per heavy atom. The molecule has 1 aliphatic rings. The monoisotopic (exact) mass is 492 g/mol. The highest BCUT2D eigenvalue weighted by molar-refractivity contribution is 7.12. The van der Waals surface area contributed by atoms with Gasteiger partial charge in [0.2, 0.25) is 0 Å². The number of nitrogens with zero attached hydrogens (tertiary/aromatic N) is 2. The molecule has 0 unspecified atom stereocenters. The third-order valence-corrected chi connectivity index (χ3v) is 7.74. The van der Waals surface area contributed by atoms with E-state index in [1.54, 1.807) is 24.6 Å². The van der Waals surface area contributed by atoms with E-state index in [-0.39, 0.29) is 18.3 Å². The van der Waals surface area contributed by atoms with Crippen molar-refractivity contribution in [3.05, 3.63) is 57.9 Å². The van der Waals surface area contributed by atoms with E-state index in [4.69, 9.17) is 4.74 Å². The van der Waals surface area contributed by atoms with Gasteiger partial charge in [-0.25, -0.2) is 0 Å². The number of aryl methyl sites for hydroxylation is 1. The Labute approximate surface area is 210 Å². The number of likely N-dealkylation sites (tertiary alicyclic amines) is 1. The summed E-state index contributed by atoms with van der Waals surface area (Å²) >= 11 is 1.69. The lowest BCUT2D eigenvalue weighted by Gasteiger charge is -2.37. The molecule has 0 aliphatic carbocycles. The number of piperidine rings is 1. The zero-order valence-corrected chi connectivity index (χ0v) is 21.1. The molecule has 0 amide bonds. The van der Waals surface area contributed by atoms with Gasteiger partial charge in [-0.3, -0.25) is 14.7 Å². The molecule has 0 spiro atoms. The first-order valence-electron chi connectivity index (χ1n) is 12.0. The summed E-state index contributed by atoms with van der Waals surface area (Å²) in [6.45, 7) is 4.33. The molecule has 7 heteroatoms. The number of hydrogen-bond acceptors (Lipinski definition) is 6. The first-order chi connectivity index (χ1) is 16.9. The number of ether oxygens (including phenoxy) is 1. The SMILES string of the molecule is COc1ccc2nccc([C@@H](O)CC[C@@H]3CCN(CC#Cc4ccc(C)s4)C[C@@H]3CC(=O)O)c2c1. The third kappa shape index (κ3) is 6.61. The number of fused-ring (bicyclic) bond motifs is 1. The van der Waals surface area contributed by atoms with Gasteiger partial charge in [-0.15, -0.1) is 11.3 Å². The molecule has 2 N–H and O–H groups in total. The van der Waals surface area contributed by atoms with Gasteiger partial charge in [0.25, 0.3) is 0 Å². The zero-order chi connectivity index (χ0) is 24.8. The number of benzene rings is 1. The van der Waals surface area contributed by atoms with Gasteiger partial charge in [0.05, 0.1) is 30.2 Å². The molecular weight excluding hydrogens is 460 g/mol. The van der Waals surface area contributed by atoms with E-state index in [2.05, 4.69) is 34.7 Å². The van der Waals surface area contributed by atoms with Crippen LogP contribution >= 0.6 is 11.3 Å². The van der Waals surface area contributed by atoms with Gasteiger partial charge in [0.15, 0.2) is 0 Å². The Morgan fingerprint density at radius 2 is 2.14 bits per heavy atom. The van der Waals surface area contributed by atoms with Crippen LogP contribution < -0.4 is 4.74 Å². The van der Waals surface area contributed by atoms with Gasteiger partial charge in [0.1, 0.15) is 5.75 Å². The highest BCUT2D eigenvalue weighted by Crippen LogP contribution is 2.34. The van der Waals surface area contributed by atoms with E-state index in [1.807, 2.05) is 30.3 Å². The van der Waals surface area contributed by atoms with E-state index in [9.17, 15) is 15.0 Å². The number of pyridine rings is 1. The molecule has 35 heavy (non-hydrogen) atoms. The van der Waals surface area contributed by atoms with Gasteiger partial charge < -0.3 is 14.9 Å². The van der Waals surface area contributed by atoms with Gasteiger partial charge in [-0.1, -0.05) is 11.8 Å². The molecule has 184 valence electrons. The minimum Gasteiger partial charge on any atom is -0.497 e. The van der Waals surface area contributed by atoms with Crippen molar-refractivity contribution in [2.24, 2.45) is 11.8 Å². The minimum atomic E-state index is -0.769. The average Bonchev–Trinajstić information content (AvgIpc) is 3.27. The number of aliphatic carboxylic acids is 1. The molecule has 1 aliphatic heterocycles. The topological polar surface area (TPSA) is 82.9 Å². The van der Waals surface area contributed by atoms with Crippen LogP contribution in [0.4, 0.5) is 0 Å². The predicted octanol–water partition coefficient (Wildman–Crippen LogP) is 4.89. The molecule has 0 bridgehead atoms. The summed E-state index contributed by atoms with van der Waals surface area (Å²) in [5.41, 5.74) is 1.65. The highest BCUT2D eigenvalue weighted by atomic mass is 32.1. The van der Waals surface area contributed by atoms with E-state index in [0.29, 0.717) is 13.0 Å². The zero-order valence-electron chi connectivity index (χ0n) is 20.2. The lowest BCUT2D eigenvalue weighted by molar-refractivity contribution is -0.139. The van der Waals surface area contributed by atoms with E-state index in [0.717, 1.165) is 53.0 Å². The molecule has 0 radical (unpaired) electrons. The fraction of sp³-hybridized carbons (Fsp3) is 0.429. The summed E-state index contributed by atoms with van der Waals surface area (Å²) in [5, 5.41) is 21.4. The summed E-state index contributed by atoms with van der Waals surface area (Å²) in [6, 6.07) is 11.6. The Kier molecular flexibility index (Phi) is 8.40. The number of methoxy groups -OCH3 is 1. The second-order valence-corrected chi connectivity index (χ2v) is 10.5. The summed E-state index contributed by atoms with van der Waals surface area (Å²) in [4.78, 5) is 20.5. The number of carboxylic acids is 1. The van der Waals surface area contributed by atoms with Crippen LogP contribution in [0.1, 0.15) is 47.1 Å². The number of hydrogen-bond donors (Lipinski definition) is 2. The summed E-state index contributed by atoms with van der Waals surface area (Å²) in [6.07, 6.45) is 3.49. The van der Waals surface area contributed by atoms with E-state index in [1.165, 1.54) is 4.88 Å². The maximum absolute atomic E-state index is 11.6. The van der Waals surface area contributed by atoms with Crippen LogP contribution in [0.25, 0.3) is 10.9 Å². The van der Waals surface area contributed by atoms with Crippen molar-refractivity contribution in [3.8, 4) is 17.6 Å². The van der Waals surface area contributed by atoms with Gasteiger partial charge in [-0.2, -0.15) is 0 Å². The van der Waals surface area contributed by atoms with E-state index >= 15 is 0 Å². The molecule has 1 fully saturated rings. The second-order valence-electron chi connectivity index (χ2n) is 9.23. The van der Waals surface area contributed by atoms with Crippen molar-refractivity contribution in [3.63, 3.8) is 0 Å². The fourth-order valence-electron chi connectivity index (χ4n) is 4.97. The molecule has 4 rings (SSSR count). The Hall–Kier alpha value is -2.92. The largest absolute Gasteiger partial charge is 0.497 e. The first kappa shape index (κ1) is 25.2. The number of aliphatic hydroxyl groups is 1. The maximum atomic E-state index is 11.6.